The summed E-state index contributed by atoms with van der Waals surface area (Å²) in [6.07, 6.45) is 17.7. The molecule has 0 amide bonds. The second-order valence-corrected chi connectivity index (χ2v) is 9.79. The predicted octanol–water partition coefficient (Wildman–Crippen LogP) is 9.17. The molecular formula is C29H39F3O. The Balaban J connectivity index is 1.31. The van der Waals surface area contributed by atoms with Gasteiger partial charge in [-0.2, -0.15) is 0 Å². The fourth-order valence-corrected chi connectivity index (χ4v) is 4.98. The number of halogens is 3. The minimum Gasteiger partial charge on any atom is -0.489 e. The summed E-state index contributed by atoms with van der Waals surface area (Å²) >= 11 is 0. The van der Waals surface area contributed by atoms with Gasteiger partial charge in [-0.05, 0) is 35.8 Å². The van der Waals surface area contributed by atoms with E-state index >= 15 is 0 Å². The molecule has 4 heteroatoms. The number of ether oxygens (including phenoxy) is 1. The van der Waals surface area contributed by atoms with Crippen LogP contribution in [0.2, 0.25) is 0 Å². The van der Waals surface area contributed by atoms with E-state index in [4.69, 9.17) is 4.74 Å². The number of rotatable bonds is 13. The monoisotopic (exact) mass is 460 g/mol. The van der Waals surface area contributed by atoms with Crippen LogP contribution < -0.4 is 4.74 Å². The Kier molecular flexibility index (Phi) is 10.6. The molecular weight excluding hydrogens is 421 g/mol. The van der Waals surface area contributed by atoms with E-state index in [1.165, 1.54) is 82.6 Å². The van der Waals surface area contributed by atoms with Crippen LogP contribution in [0, 0.1) is 29.3 Å². The molecule has 0 radical (unpaired) electrons. The minimum absolute atomic E-state index is 0.0115. The highest BCUT2D eigenvalue weighted by molar-refractivity contribution is 5.27. The fourth-order valence-electron chi connectivity index (χ4n) is 4.98. The van der Waals surface area contributed by atoms with Crippen molar-refractivity contribution < 1.29 is 17.9 Å². The van der Waals surface area contributed by atoms with Crippen molar-refractivity contribution in [1.82, 2.24) is 0 Å². The lowest BCUT2D eigenvalue weighted by Gasteiger charge is -2.28. The second-order valence-electron chi connectivity index (χ2n) is 9.79. The third-order valence-corrected chi connectivity index (χ3v) is 7.16. The summed E-state index contributed by atoms with van der Waals surface area (Å²) in [5.74, 6) is -2.17. The van der Waals surface area contributed by atoms with Crippen molar-refractivity contribution in [2.75, 3.05) is 0 Å². The number of hydrogen-bond acceptors (Lipinski definition) is 1. The van der Waals surface area contributed by atoms with E-state index in [0.29, 0.717) is 0 Å². The van der Waals surface area contributed by atoms with Crippen LogP contribution >= 0.6 is 0 Å². The Morgan fingerprint density at radius 1 is 0.727 bits per heavy atom. The van der Waals surface area contributed by atoms with Crippen molar-refractivity contribution in [3.63, 3.8) is 0 Å². The standard InChI is InChI=1S/C29H39F3O/c1-2-3-4-5-6-7-8-22-9-11-23(12-10-22)13-14-24-15-17-25(18-16-24)21-33-26-19-27(30)29(32)28(31)20-26/h15-20,22-23H,2-14,21H2,1H3. The highest BCUT2D eigenvalue weighted by Crippen LogP contribution is 2.34. The Hall–Kier alpha value is -1.97. The molecule has 1 aliphatic carbocycles. The molecule has 1 nitrogen and oxygen atoms in total. The van der Waals surface area contributed by atoms with Gasteiger partial charge in [0, 0.05) is 12.1 Å². The van der Waals surface area contributed by atoms with Gasteiger partial charge in [0.05, 0.1) is 0 Å². The summed E-state index contributed by atoms with van der Waals surface area (Å²) in [7, 11) is 0. The molecule has 33 heavy (non-hydrogen) atoms. The van der Waals surface area contributed by atoms with Gasteiger partial charge in [0.1, 0.15) is 12.4 Å². The molecule has 2 aromatic carbocycles. The zero-order chi connectivity index (χ0) is 23.5. The first-order chi connectivity index (χ1) is 16.0. The van der Waals surface area contributed by atoms with Crippen LogP contribution in [0.15, 0.2) is 36.4 Å². The van der Waals surface area contributed by atoms with Gasteiger partial charge in [-0.3, -0.25) is 0 Å². The summed E-state index contributed by atoms with van der Waals surface area (Å²) < 4.78 is 45.0. The number of unbranched alkanes of at least 4 members (excludes halogenated alkanes) is 5. The normalized spacial score (nSPS) is 18.4. The molecule has 0 heterocycles. The van der Waals surface area contributed by atoms with Crippen LogP contribution in [-0.4, -0.2) is 0 Å². The maximum atomic E-state index is 13.3. The topological polar surface area (TPSA) is 9.23 Å². The van der Waals surface area contributed by atoms with Gasteiger partial charge in [-0.15, -0.1) is 0 Å². The highest BCUT2D eigenvalue weighted by atomic mass is 19.2. The molecule has 1 saturated carbocycles. The molecule has 0 saturated heterocycles. The SMILES string of the molecule is CCCCCCCCC1CCC(CCc2ccc(COc3cc(F)c(F)c(F)c3)cc2)CC1. The average Bonchev–Trinajstić information content (AvgIpc) is 2.83. The van der Waals surface area contributed by atoms with Crippen molar-refractivity contribution in [2.45, 2.75) is 97.0 Å². The Morgan fingerprint density at radius 2 is 1.27 bits per heavy atom. The molecule has 0 atom stereocenters. The van der Waals surface area contributed by atoms with Gasteiger partial charge in [0.25, 0.3) is 0 Å². The van der Waals surface area contributed by atoms with Gasteiger partial charge < -0.3 is 4.74 Å². The first kappa shape index (κ1) is 25.6. The van der Waals surface area contributed by atoms with Crippen molar-refractivity contribution in [3.8, 4) is 5.75 Å². The Morgan fingerprint density at radius 3 is 1.91 bits per heavy atom. The maximum Gasteiger partial charge on any atom is 0.194 e. The van der Waals surface area contributed by atoms with Crippen LogP contribution in [0.4, 0.5) is 13.2 Å². The predicted molar refractivity (Wildman–Crippen MR) is 129 cm³/mol. The highest BCUT2D eigenvalue weighted by Gasteiger charge is 2.20. The molecule has 1 aliphatic rings. The van der Waals surface area contributed by atoms with Gasteiger partial charge in [0.15, 0.2) is 17.5 Å². The lowest BCUT2D eigenvalue weighted by atomic mass is 9.77. The number of hydrogen-bond donors (Lipinski definition) is 0. The van der Waals surface area contributed by atoms with E-state index in [9.17, 15) is 13.2 Å². The molecule has 0 aromatic heterocycles. The van der Waals surface area contributed by atoms with Crippen LogP contribution in [0.1, 0.15) is 95.1 Å². The van der Waals surface area contributed by atoms with Gasteiger partial charge >= 0.3 is 0 Å². The van der Waals surface area contributed by atoms with E-state index in [0.717, 1.165) is 36.0 Å². The van der Waals surface area contributed by atoms with Crippen molar-refractivity contribution in [1.29, 1.82) is 0 Å². The van der Waals surface area contributed by atoms with Gasteiger partial charge in [0.2, 0.25) is 0 Å². The average molecular weight is 461 g/mol. The third kappa shape index (κ3) is 8.72. The second kappa shape index (κ2) is 13.7. The maximum absolute atomic E-state index is 13.3. The first-order valence-electron chi connectivity index (χ1n) is 12.9. The van der Waals surface area contributed by atoms with Crippen LogP contribution in [-0.2, 0) is 13.0 Å². The lowest BCUT2D eigenvalue weighted by molar-refractivity contribution is 0.248. The molecule has 0 spiro atoms. The molecule has 1 fully saturated rings. The smallest absolute Gasteiger partial charge is 0.194 e. The van der Waals surface area contributed by atoms with Crippen LogP contribution in [0.5, 0.6) is 5.75 Å². The van der Waals surface area contributed by atoms with Gasteiger partial charge in [-0.25, -0.2) is 13.2 Å². The largest absolute Gasteiger partial charge is 0.489 e. The summed E-state index contributed by atoms with van der Waals surface area (Å²) in [5.41, 5.74) is 2.23. The Labute approximate surface area is 197 Å². The van der Waals surface area contributed by atoms with E-state index in [2.05, 4.69) is 19.1 Å². The number of aryl methyl sites for hydroxylation is 1. The van der Waals surface area contributed by atoms with Crippen molar-refractivity contribution >= 4 is 0 Å². The minimum atomic E-state index is -1.47. The first-order valence-corrected chi connectivity index (χ1v) is 12.9. The molecule has 0 bridgehead atoms. The van der Waals surface area contributed by atoms with Gasteiger partial charge in [-0.1, -0.05) is 102 Å². The van der Waals surface area contributed by atoms with Crippen molar-refractivity contribution in [2.24, 2.45) is 11.8 Å². The van der Waals surface area contributed by atoms with E-state index < -0.39 is 17.5 Å². The molecule has 182 valence electrons. The molecule has 2 aromatic rings. The van der Waals surface area contributed by atoms with E-state index in [1.807, 2.05) is 12.1 Å². The zero-order valence-corrected chi connectivity index (χ0v) is 20.1. The summed E-state index contributed by atoms with van der Waals surface area (Å²) in [6.45, 7) is 2.46. The number of benzene rings is 2. The summed E-state index contributed by atoms with van der Waals surface area (Å²) in [5, 5.41) is 0. The van der Waals surface area contributed by atoms with Crippen LogP contribution in [0.3, 0.4) is 0 Å². The summed E-state index contributed by atoms with van der Waals surface area (Å²) in [4.78, 5) is 0. The third-order valence-electron chi connectivity index (χ3n) is 7.16. The zero-order valence-electron chi connectivity index (χ0n) is 20.1. The summed E-state index contributed by atoms with van der Waals surface area (Å²) in [6, 6.07) is 9.93. The molecule has 0 aliphatic heterocycles. The fraction of sp³-hybridized carbons (Fsp3) is 0.586. The van der Waals surface area contributed by atoms with E-state index in [1.54, 1.807) is 0 Å². The quantitative estimate of drug-likeness (QED) is 0.214. The van der Waals surface area contributed by atoms with Crippen LogP contribution in [0.25, 0.3) is 0 Å². The Bertz CT molecular complexity index is 802. The molecule has 0 N–H and O–H groups in total. The van der Waals surface area contributed by atoms with Crippen molar-refractivity contribution in [3.05, 3.63) is 65.0 Å². The lowest BCUT2D eigenvalue weighted by Crippen LogP contribution is -2.15. The molecule has 0 unspecified atom stereocenters. The molecule has 3 rings (SSSR count). The van der Waals surface area contributed by atoms with E-state index in [-0.39, 0.29) is 12.4 Å².